The molecule has 5 nitrogen and oxygen atoms in total. The highest BCUT2D eigenvalue weighted by Gasteiger charge is 2.40. The highest BCUT2D eigenvalue weighted by atomic mass is 16.7. The van der Waals surface area contributed by atoms with Crippen molar-refractivity contribution in [2.75, 3.05) is 27.9 Å². The molecule has 0 radical (unpaired) electrons. The Labute approximate surface area is 77.5 Å². The molecule has 13 heavy (non-hydrogen) atoms. The van der Waals surface area contributed by atoms with E-state index in [2.05, 4.69) is 0 Å². The lowest BCUT2D eigenvalue weighted by Crippen LogP contribution is -2.55. The molecule has 0 amide bonds. The topological polar surface area (TPSA) is 57.2 Å². The summed E-state index contributed by atoms with van der Waals surface area (Å²) in [5.41, 5.74) is 0. The third-order valence-corrected chi connectivity index (χ3v) is 2.25. The normalized spacial score (nSPS) is 40.6. The summed E-state index contributed by atoms with van der Waals surface area (Å²) in [6, 6.07) is 0. The van der Waals surface area contributed by atoms with Gasteiger partial charge in [-0.05, 0) is 0 Å². The van der Waals surface area contributed by atoms with Crippen LogP contribution in [0, 0.1) is 0 Å². The van der Waals surface area contributed by atoms with Crippen molar-refractivity contribution >= 4 is 0 Å². The summed E-state index contributed by atoms with van der Waals surface area (Å²) in [4.78, 5) is 0. The van der Waals surface area contributed by atoms with E-state index in [9.17, 15) is 5.11 Å². The van der Waals surface area contributed by atoms with Gasteiger partial charge < -0.3 is 24.1 Å². The Hall–Kier alpha value is -0.200. The molecule has 1 aliphatic heterocycles. The minimum Gasteiger partial charge on any atom is -0.376 e. The predicted molar refractivity (Wildman–Crippen MR) is 44.3 cm³/mol. The van der Waals surface area contributed by atoms with E-state index in [4.69, 9.17) is 18.9 Å². The van der Waals surface area contributed by atoms with Gasteiger partial charge in [0.15, 0.2) is 6.29 Å². The number of methoxy groups -OCH3 is 3. The minimum atomic E-state index is -0.943. The molecule has 0 aliphatic carbocycles. The molecule has 1 aliphatic rings. The van der Waals surface area contributed by atoms with Crippen LogP contribution in [0.2, 0.25) is 0 Å². The van der Waals surface area contributed by atoms with Crippen LogP contribution in [0.4, 0.5) is 0 Å². The number of ether oxygens (including phenoxy) is 4. The van der Waals surface area contributed by atoms with Crippen molar-refractivity contribution in [3.63, 3.8) is 0 Å². The number of hydrogen-bond donors (Lipinski definition) is 1. The van der Waals surface area contributed by atoms with E-state index in [1.165, 1.54) is 7.11 Å². The molecule has 0 spiro atoms. The summed E-state index contributed by atoms with van der Waals surface area (Å²) in [6.07, 6.45) is -1.93. The highest BCUT2D eigenvalue weighted by Crippen LogP contribution is 2.20. The Balaban J connectivity index is 2.64. The quantitative estimate of drug-likeness (QED) is 0.646. The number of hydrogen-bond acceptors (Lipinski definition) is 5. The smallest absolute Gasteiger partial charge is 0.183 e. The molecule has 5 heteroatoms. The van der Waals surface area contributed by atoms with Gasteiger partial charge in [-0.25, -0.2) is 0 Å². The molecule has 1 rings (SSSR count). The second kappa shape index (κ2) is 4.88. The summed E-state index contributed by atoms with van der Waals surface area (Å²) in [5.74, 6) is 0. The summed E-state index contributed by atoms with van der Waals surface area (Å²) in [7, 11) is 4.63. The molecule has 78 valence electrons. The first-order valence-electron chi connectivity index (χ1n) is 4.12. The standard InChI is InChI=1S/C8H16O5/c1-10-5-4-13-8(9)7(12-3)6(5)11-2/h5-9H,4H2,1-3H3/t5-,6-,7+,8?/m1/s1. The first-order valence-corrected chi connectivity index (χ1v) is 4.12. The van der Waals surface area contributed by atoms with E-state index in [1.807, 2.05) is 0 Å². The van der Waals surface area contributed by atoms with E-state index >= 15 is 0 Å². The third kappa shape index (κ3) is 2.18. The van der Waals surface area contributed by atoms with Gasteiger partial charge in [0.25, 0.3) is 0 Å². The molecule has 1 fully saturated rings. The van der Waals surface area contributed by atoms with Crippen molar-refractivity contribution in [1.29, 1.82) is 0 Å². The van der Waals surface area contributed by atoms with Gasteiger partial charge in [-0.2, -0.15) is 0 Å². The molecule has 4 atom stereocenters. The van der Waals surface area contributed by atoms with Gasteiger partial charge in [-0.1, -0.05) is 0 Å². The summed E-state index contributed by atoms with van der Waals surface area (Å²) in [5, 5.41) is 9.40. The SMILES string of the molecule is CO[C@H]1[C@H](OC)C(O)OC[C@H]1OC. The van der Waals surface area contributed by atoms with Crippen molar-refractivity contribution in [3.8, 4) is 0 Å². The Morgan fingerprint density at radius 1 is 1.08 bits per heavy atom. The van der Waals surface area contributed by atoms with Crippen molar-refractivity contribution in [1.82, 2.24) is 0 Å². The van der Waals surface area contributed by atoms with E-state index in [-0.39, 0.29) is 12.2 Å². The van der Waals surface area contributed by atoms with Gasteiger partial charge in [0.05, 0.1) is 6.61 Å². The third-order valence-electron chi connectivity index (χ3n) is 2.25. The maximum Gasteiger partial charge on any atom is 0.183 e. The van der Waals surface area contributed by atoms with Crippen LogP contribution in [0.15, 0.2) is 0 Å². The molecule has 1 unspecified atom stereocenters. The van der Waals surface area contributed by atoms with Crippen molar-refractivity contribution < 1.29 is 24.1 Å². The van der Waals surface area contributed by atoms with Crippen molar-refractivity contribution in [3.05, 3.63) is 0 Å². The van der Waals surface area contributed by atoms with E-state index in [0.717, 1.165) is 0 Å². The fraction of sp³-hybridized carbons (Fsp3) is 1.00. The largest absolute Gasteiger partial charge is 0.376 e. The zero-order chi connectivity index (χ0) is 9.84. The minimum absolute atomic E-state index is 0.196. The van der Waals surface area contributed by atoms with Crippen LogP contribution in [0.3, 0.4) is 0 Å². The van der Waals surface area contributed by atoms with Gasteiger partial charge >= 0.3 is 0 Å². The number of aliphatic hydroxyl groups excluding tert-OH is 1. The van der Waals surface area contributed by atoms with Crippen LogP contribution in [0.25, 0.3) is 0 Å². The molecule has 0 bridgehead atoms. The first kappa shape index (κ1) is 10.9. The molecule has 0 aromatic rings. The Morgan fingerprint density at radius 3 is 2.15 bits per heavy atom. The Kier molecular flexibility index (Phi) is 4.08. The lowest BCUT2D eigenvalue weighted by molar-refractivity contribution is -0.267. The summed E-state index contributed by atoms with van der Waals surface area (Å²) < 4.78 is 20.4. The first-order chi connectivity index (χ1) is 6.24. The lowest BCUT2D eigenvalue weighted by atomic mass is 10.1. The maximum absolute atomic E-state index is 9.40. The average molecular weight is 192 g/mol. The van der Waals surface area contributed by atoms with Gasteiger partial charge in [-0.15, -0.1) is 0 Å². The molecule has 0 saturated carbocycles. The molecule has 1 N–H and O–H groups in total. The summed E-state index contributed by atoms with van der Waals surface area (Å²) >= 11 is 0. The van der Waals surface area contributed by atoms with Crippen LogP contribution >= 0.6 is 0 Å². The highest BCUT2D eigenvalue weighted by molar-refractivity contribution is 4.85. The van der Waals surface area contributed by atoms with E-state index < -0.39 is 12.4 Å². The molecule has 1 heterocycles. The Morgan fingerprint density at radius 2 is 1.69 bits per heavy atom. The molecular weight excluding hydrogens is 176 g/mol. The van der Waals surface area contributed by atoms with Crippen molar-refractivity contribution in [2.24, 2.45) is 0 Å². The van der Waals surface area contributed by atoms with Gasteiger partial charge in [0.1, 0.15) is 18.3 Å². The monoisotopic (exact) mass is 192 g/mol. The molecular formula is C8H16O5. The van der Waals surface area contributed by atoms with Gasteiger partial charge in [0.2, 0.25) is 0 Å². The Bertz CT molecular complexity index is 151. The van der Waals surface area contributed by atoms with Crippen molar-refractivity contribution in [2.45, 2.75) is 24.6 Å². The van der Waals surface area contributed by atoms with Crippen LogP contribution in [-0.4, -0.2) is 57.6 Å². The predicted octanol–water partition coefficient (Wildman–Crippen LogP) is -0.620. The van der Waals surface area contributed by atoms with Gasteiger partial charge in [0, 0.05) is 21.3 Å². The van der Waals surface area contributed by atoms with Crippen LogP contribution < -0.4 is 0 Å². The lowest BCUT2D eigenvalue weighted by Gasteiger charge is -2.38. The van der Waals surface area contributed by atoms with E-state index in [1.54, 1.807) is 14.2 Å². The average Bonchev–Trinajstić information content (AvgIpc) is 2.17. The second-order valence-corrected chi connectivity index (χ2v) is 2.90. The summed E-state index contributed by atoms with van der Waals surface area (Å²) in [6.45, 7) is 0.316. The number of rotatable bonds is 3. The second-order valence-electron chi connectivity index (χ2n) is 2.90. The fourth-order valence-corrected chi connectivity index (χ4v) is 1.50. The molecule has 1 saturated heterocycles. The molecule has 0 aromatic heterocycles. The van der Waals surface area contributed by atoms with Crippen LogP contribution in [-0.2, 0) is 18.9 Å². The maximum atomic E-state index is 9.40. The zero-order valence-corrected chi connectivity index (χ0v) is 8.10. The van der Waals surface area contributed by atoms with Gasteiger partial charge in [-0.3, -0.25) is 0 Å². The van der Waals surface area contributed by atoms with E-state index in [0.29, 0.717) is 6.61 Å². The zero-order valence-electron chi connectivity index (χ0n) is 8.10. The molecule has 0 aromatic carbocycles. The van der Waals surface area contributed by atoms with Crippen LogP contribution in [0.1, 0.15) is 0 Å². The fourth-order valence-electron chi connectivity index (χ4n) is 1.50. The van der Waals surface area contributed by atoms with Crippen LogP contribution in [0.5, 0.6) is 0 Å². The number of aliphatic hydroxyl groups is 1.